The van der Waals surface area contributed by atoms with Gasteiger partial charge in [-0.25, -0.2) is 0 Å². The van der Waals surface area contributed by atoms with E-state index in [1.165, 1.54) is 0 Å². The summed E-state index contributed by atoms with van der Waals surface area (Å²) in [5, 5.41) is 11.0. The highest BCUT2D eigenvalue weighted by atomic mass is 15.1. The van der Waals surface area contributed by atoms with Crippen molar-refractivity contribution in [2.24, 2.45) is 10.2 Å². The maximum Gasteiger partial charge on any atom is 0.0453 e. The molecule has 0 spiro atoms. The molecule has 0 aliphatic carbocycles. The van der Waals surface area contributed by atoms with Gasteiger partial charge in [-0.2, -0.15) is 0 Å². The molecule has 0 N–H and O–H groups in total. The van der Waals surface area contributed by atoms with Gasteiger partial charge >= 0.3 is 0 Å². The Labute approximate surface area is 113 Å². The minimum atomic E-state index is 0.558. The van der Waals surface area contributed by atoms with Crippen molar-refractivity contribution in [2.45, 2.75) is 0 Å². The quantitative estimate of drug-likeness (QED) is 0.238. The summed E-state index contributed by atoms with van der Waals surface area (Å²) in [4.78, 5) is 5.68. The summed E-state index contributed by atoms with van der Waals surface area (Å²) in [7, 11) is 0. The van der Waals surface area contributed by atoms with Crippen LogP contribution < -0.4 is 0 Å². The highest BCUT2D eigenvalue weighted by Crippen LogP contribution is 2.34. The lowest BCUT2D eigenvalue weighted by Crippen LogP contribution is -1.78. The highest BCUT2D eigenvalue weighted by molar-refractivity contribution is 6.06. The van der Waals surface area contributed by atoms with Crippen molar-refractivity contribution in [1.82, 2.24) is 0 Å². The van der Waals surface area contributed by atoms with E-state index < -0.39 is 0 Å². The van der Waals surface area contributed by atoms with E-state index in [9.17, 15) is 0 Å². The molecule has 6 nitrogen and oxygen atoms in total. The normalized spacial score (nSPS) is 10.0. The first-order chi connectivity index (χ1) is 9.83. The Morgan fingerprint density at radius 3 is 1.65 bits per heavy atom. The van der Waals surface area contributed by atoms with Crippen LogP contribution in [0.2, 0.25) is 0 Å². The minimum Gasteiger partial charge on any atom is -0.0612 e. The smallest absolute Gasteiger partial charge is 0.0453 e. The summed E-state index contributed by atoms with van der Waals surface area (Å²) in [5.41, 5.74) is 18.4. The van der Waals surface area contributed by atoms with Gasteiger partial charge in [0.05, 0.1) is 0 Å². The van der Waals surface area contributed by atoms with E-state index in [2.05, 4.69) is 20.1 Å². The molecule has 0 fully saturated rings. The molecule has 0 heterocycles. The van der Waals surface area contributed by atoms with Gasteiger partial charge in [0.2, 0.25) is 0 Å². The predicted octanol–water partition coefficient (Wildman–Crippen LogP) is 5.88. The zero-order chi connectivity index (χ0) is 13.9. The third-order valence-electron chi connectivity index (χ3n) is 3.14. The van der Waals surface area contributed by atoms with Gasteiger partial charge in [0.1, 0.15) is 0 Å². The molecular weight excluding hydrogens is 252 g/mol. The minimum absolute atomic E-state index is 0.558. The standard InChI is InChI=1S/C14H8N6/c15-19-17-13-5-1-3-9-7-10-4-2-6-14(18-20-16)12(10)8-11(9)13/h1-8H. The zero-order valence-corrected chi connectivity index (χ0v) is 10.3. The van der Waals surface area contributed by atoms with Crippen molar-refractivity contribution < 1.29 is 0 Å². The third kappa shape index (κ3) is 1.87. The van der Waals surface area contributed by atoms with Crippen molar-refractivity contribution >= 4 is 32.9 Å². The van der Waals surface area contributed by atoms with Crippen LogP contribution in [0.5, 0.6) is 0 Å². The summed E-state index contributed by atoms with van der Waals surface area (Å²) >= 11 is 0. The molecule has 20 heavy (non-hydrogen) atoms. The Hall–Kier alpha value is -3.20. The van der Waals surface area contributed by atoms with Crippen LogP contribution in [0.15, 0.2) is 58.8 Å². The fourth-order valence-corrected chi connectivity index (χ4v) is 2.29. The van der Waals surface area contributed by atoms with Crippen molar-refractivity contribution in [2.75, 3.05) is 0 Å². The Bertz CT molecular complexity index is 844. The summed E-state index contributed by atoms with van der Waals surface area (Å²) in [6.07, 6.45) is 0. The maximum absolute atomic E-state index is 8.62. The van der Waals surface area contributed by atoms with E-state index >= 15 is 0 Å². The Balaban J connectivity index is 2.48. The second kappa shape index (κ2) is 4.82. The van der Waals surface area contributed by atoms with Gasteiger partial charge in [0, 0.05) is 21.2 Å². The van der Waals surface area contributed by atoms with Crippen LogP contribution >= 0.6 is 0 Å². The summed E-state index contributed by atoms with van der Waals surface area (Å²) in [5.74, 6) is 0. The number of fused-ring (bicyclic) bond motifs is 2. The summed E-state index contributed by atoms with van der Waals surface area (Å²) in [6.45, 7) is 0. The van der Waals surface area contributed by atoms with Crippen LogP contribution in [0.4, 0.5) is 11.4 Å². The molecule has 3 aromatic carbocycles. The zero-order valence-electron chi connectivity index (χ0n) is 10.3. The first-order valence-corrected chi connectivity index (χ1v) is 5.89. The van der Waals surface area contributed by atoms with Gasteiger partial charge in [-0.3, -0.25) is 0 Å². The molecule has 0 amide bonds. The summed E-state index contributed by atoms with van der Waals surface area (Å²) in [6, 6.07) is 15.0. The third-order valence-corrected chi connectivity index (χ3v) is 3.14. The van der Waals surface area contributed by atoms with E-state index in [1.54, 1.807) is 12.1 Å². The molecule has 0 saturated carbocycles. The van der Waals surface area contributed by atoms with Crippen LogP contribution in [-0.4, -0.2) is 0 Å². The van der Waals surface area contributed by atoms with Gasteiger partial charge in [-0.05, 0) is 44.7 Å². The number of azide groups is 2. The second-order valence-electron chi connectivity index (χ2n) is 4.23. The summed E-state index contributed by atoms with van der Waals surface area (Å²) < 4.78 is 0. The largest absolute Gasteiger partial charge is 0.0612 e. The van der Waals surface area contributed by atoms with Gasteiger partial charge in [0.25, 0.3) is 0 Å². The van der Waals surface area contributed by atoms with E-state index in [-0.39, 0.29) is 0 Å². The van der Waals surface area contributed by atoms with E-state index in [0.717, 1.165) is 21.5 Å². The van der Waals surface area contributed by atoms with Crippen LogP contribution in [0.3, 0.4) is 0 Å². The molecule has 3 aromatic rings. The van der Waals surface area contributed by atoms with Crippen LogP contribution in [0, 0.1) is 0 Å². The molecule has 0 unspecified atom stereocenters. The Kier molecular flexibility index (Phi) is 2.86. The van der Waals surface area contributed by atoms with Gasteiger partial charge < -0.3 is 0 Å². The first kappa shape index (κ1) is 11.9. The number of hydrogen-bond donors (Lipinski definition) is 0. The molecule has 0 aromatic heterocycles. The van der Waals surface area contributed by atoms with Gasteiger partial charge in [-0.15, -0.1) is 0 Å². The van der Waals surface area contributed by atoms with E-state index in [4.69, 9.17) is 11.1 Å². The van der Waals surface area contributed by atoms with Crippen LogP contribution in [0.1, 0.15) is 0 Å². The Morgan fingerprint density at radius 1 is 0.700 bits per heavy atom. The lowest BCUT2D eigenvalue weighted by molar-refractivity contribution is 1.50. The van der Waals surface area contributed by atoms with Crippen molar-refractivity contribution in [3.05, 3.63) is 69.4 Å². The predicted molar refractivity (Wildman–Crippen MR) is 79.1 cm³/mol. The number of benzene rings is 3. The fourth-order valence-electron chi connectivity index (χ4n) is 2.29. The lowest BCUT2D eigenvalue weighted by Gasteiger charge is -2.06. The molecule has 0 saturated heterocycles. The lowest BCUT2D eigenvalue weighted by atomic mass is 10.0. The van der Waals surface area contributed by atoms with Crippen LogP contribution in [0.25, 0.3) is 42.4 Å². The van der Waals surface area contributed by atoms with Crippen LogP contribution in [-0.2, 0) is 0 Å². The first-order valence-electron chi connectivity index (χ1n) is 5.89. The van der Waals surface area contributed by atoms with Gasteiger partial charge in [-0.1, -0.05) is 46.6 Å². The maximum atomic E-state index is 8.62. The molecule has 3 rings (SSSR count). The van der Waals surface area contributed by atoms with Gasteiger partial charge in [0.15, 0.2) is 0 Å². The highest BCUT2D eigenvalue weighted by Gasteiger charge is 2.04. The molecule has 0 aliphatic heterocycles. The molecular formula is C14H8N6. The second-order valence-corrected chi connectivity index (χ2v) is 4.23. The number of hydrogen-bond acceptors (Lipinski definition) is 2. The number of rotatable bonds is 2. The average molecular weight is 260 g/mol. The topological polar surface area (TPSA) is 97.5 Å². The SMILES string of the molecule is [N-]=[N+]=Nc1cccc2cc3cccc(N=[N+]=[N-])c3cc12. The molecule has 94 valence electrons. The van der Waals surface area contributed by atoms with Crippen molar-refractivity contribution in [3.8, 4) is 0 Å². The van der Waals surface area contributed by atoms with E-state index in [0.29, 0.717) is 11.4 Å². The van der Waals surface area contributed by atoms with E-state index in [1.807, 2.05) is 36.4 Å². The molecule has 0 atom stereocenters. The molecule has 0 bridgehead atoms. The van der Waals surface area contributed by atoms with Crippen molar-refractivity contribution in [3.63, 3.8) is 0 Å². The fraction of sp³-hybridized carbons (Fsp3) is 0. The number of nitrogens with zero attached hydrogens (tertiary/aromatic N) is 6. The Morgan fingerprint density at radius 2 is 1.20 bits per heavy atom. The average Bonchev–Trinajstić information content (AvgIpc) is 2.47. The van der Waals surface area contributed by atoms with Crippen molar-refractivity contribution in [1.29, 1.82) is 0 Å². The molecule has 0 radical (unpaired) electrons. The molecule has 6 heteroatoms. The molecule has 0 aliphatic rings. The monoisotopic (exact) mass is 260 g/mol.